The Kier molecular flexibility index (Phi) is 7.39. The van der Waals surface area contributed by atoms with E-state index in [1.807, 2.05) is 48.5 Å². The number of anilines is 2. The van der Waals surface area contributed by atoms with Crippen LogP contribution >= 0.6 is 23.4 Å². The number of rotatable bonds is 7. The quantitative estimate of drug-likeness (QED) is 0.258. The van der Waals surface area contributed by atoms with Crippen LogP contribution < -0.4 is 15.5 Å². The minimum absolute atomic E-state index is 0.424. The van der Waals surface area contributed by atoms with Crippen LogP contribution in [-0.4, -0.2) is 42.1 Å². The molecule has 2 N–H and O–H groups in total. The van der Waals surface area contributed by atoms with E-state index in [-0.39, 0.29) is 0 Å². The number of halogens is 1. The smallest absolute Gasteiger partial charge is 0.248 e. The number of primary amides is 1. The lowest BCUT2D eigenvalue weighted by Crippen LogP contribution is -2.47. The predicted octanol–water partition coefficient (Wildman–Crippen LogP) is 5.51. The van der Waals surface area contributed by atoms with Gasteiger partial charge in [-0.1, -0.05) is 78.0 Å². The van der Waals surface area contributed by atoms with Gasteiger partial charge in [0.05, 0.1) is 16.4 Å². The number of carbonyl (C=O) groups is 1. The highest BCUT2D eigenvalue weighted by Gasteiger charge is 2.21. The van der Waals surface area contributed by atoms with Crippen molar-refractivity contribution in [2.75, 3.05) is 36.0 Å². The fourth-order valence-corrected chi connectivity index (χ4v) is 5.26. The van der Waals surface area contributed by atoms with Crippen molar-refractivity contribution in [2.24, 2.45) is 5.73 Å². The summed E-state index contributed by atoms with van der Waals surface area (Å²) in [6.07, 6.45) is 0. The molecule has 1 saturated heterocycles. The molecule has 0 radical (unpaired) electrons. The molecule has 1 fully saturated rings. The molecular weight excluding hydrogens is 490 g/mol. The van der Waals surface area contributed by atoms with Crippen molar-refractivity contribution in [1.29, 1.82) is 0 Å². The van der Waals surface area contributed by atoms with Crippen molar-refractivity contribution < 1.29 is 4.79 Å². The molecule has 1 aromatic heterocycles. The van der Waals surface area contributed by atoms with Crippen molar-refractivity contribution in [3.05, 3.63) is 101 Å². The number of nitrogens with two attached hydrogens (primary N) is 1. The highest BCUT2D eigenvalue weighted by molar-refractivity contribution is 7.98. The number of benzene rings is 3. The van der Waals surface area contributed by atoms with Crippen LogP contribution in [0, 0.1) is 0 Å². The van der Waals surface area contributed by atoms with E-state index in [2.05, 4.69) is 34.1 Å². The normalized spacial score (nSPS) is 13.6. The Bertz CT molecular complexity index is 1340. The van der Waals surface area contributed by atoms with Gasteiger partial charge in [-0.05, 0) is 29.8 Å². The second-order valence-corrected chi connectivity index (χ2v) is 9.89. The van der Waals surface area contributed by atoms with E-state index < -0.39 is 5.91 Å². The third-order valence-electron chi connectivity index (χ3n) is 6.16. The number of para-hydroxylation sites is 1. The third-order valence-corrected chi connectivity index (χ3v) is 7.40. The standard InChI is InChI=1S/C28H26ClN5OS/c29-23-8-4-5-9-25(23)33-14-16-34(17-15-33)26-18-24(21-6-2-1-3-7-21)31-28(32-26)36-19-20-10-12-22(13-11-20)27(30)35/h1-13,18H,14-17,19H2,(H2,30,35). The Morgan fingerprint density at radius 1 is 0.861 bits per heavy atom. The monoisotopic (exact) mass is 515 g/mol. The van der Waals surface area contributed by atoms with Gasteiger partial charge in [0, 0.05) is 49.1 Å². The number of carbonyl (C=O) groups excluding carboxylic acids is 1. The minimum atomic E-state index is -0.424. The zero-order chi connectivity index (χ0) is 24.9. The molecule has 0 atom stereocenters. The highest BCUT2D eigenvalue weighted by Crippen LogP contribution is 2.30. The van der Waals surface area contributed by atoms with Crippen LogP contribution in [0.4, 0.5) is 11.5 Å². The van der Waals surface area contributed by atoms with Crippen LogP contribution in [0.5, 0.6) is 0 Å². The minimum Gasteiger partial charge on any atom is -0.367 e. The molecule has 0 aliphatic carbocycles. The molecule has 2 heterocycles. The maximum absolute atomic E-state index is 11.4. The first-order valence-electron chi connectivity index (χ1n) is 11.8. The first kappa shape index (κ1) is 24.2. The van der Waals surface area contributed by atoms with Gasteiger partial charge in [-0.15, -0.1) is 0 Å². The topological polar surface area (TPSA) is 75.4 Å². The van der Waals surface area contributed by atoms with E-state index in [0.29, 0.717) is 11.3 Å². The first-order chi connectivity index (χ1) is 17.6. The van der Waals surface area contributed by atoms with Gasteiger partial charge < -0.3 is 15.5 Å². The zero-order valence-corrected chi connectivity index (χ0v) is 21.3. The van der Waals surface area contributed by atoms with Crippen molar-refractivity contribution in [3.8, 4) is 11.3 Å². The number of thioether (sulfide) groups is 1. The van der Waals surface area contributed by atoms with Crippen LogP contribution in [0.25, 0.3) is 11.3 Å². The van der Waals surface area contributed by atoms with E-state index in [4.69, 9.17) is 27.3 Å². The van der Waals surface area contributed by atoms with E-state index in [1.165, 1.54) is 0 Å². The van der Waals surface area contributed by atoms with Crippen molar-refractivity contribution in [3.63, 3.8) is 0 Å². The van der Waals surface area contributed by atoms with Gasteiger partial charge in [-0.3, -0.25) is 4.79 Å². The lowest BCUT2D eigenvalue weighted by molar-refractivity contribution is 0.100. The summed E-state index contributed by atoms with van der Waals surface area (Å²) in [5, 5.41) is 1.50. The van der Waals surface area contributed by atoms with Gasteiger partial charge in [-0.25, -0.2) is 9.97 Å². The Labute approximate surface area is 220 Å². The van der Waals surface area contributed by atoms with Gasteiger partial charge in [0.1, 0.15) is 5.82 Å². The first-order valence-corrected chi connectivity index (χ1v) is 13.1. The summed E-state index contributed by atoms with van der Waals surface area (Å²) in [4.78, 5) is 25.8. The van der Waals surface area contributed by atoms with Gasteiger partial charge in [0.15, 0.2) is 5.16 Å². The molecule has 8 heteroatoms. The van der Waals surface area contributed by atoms with Gasteiger partial charge in [-0.2, -0.15) is 0 Å². The number of piperazine rings is 1. The molecule has 1 amide bonds. The second kappa shape index (κ2) is 11.0. The molecule has 1 aliphatic heterocycles. The van der Waals surface area contributed by atoms with Crippen LogP contribution in [0.3, 0.4) is 0 Å². The van der Waals surface area contributed by atoms with Gasteiger partial charge in [0.25, 0.3) is 0 Å². The van der Waals surface area contributed by atoms with Crippen LogP contribution in [-0.2, 0) is 5.75 Å². The predicted molar refractivity (Wildman–Crippen MR) is 148 cm³/mol. The zero-order valence-electron chi connectivity index (χ0n) is 19.7. The third kappa shape index (κ3) is 5.64. The second-order valence-electron chi connectivity index (χ2n) is 8.54. The number of hydrogen-bond acceptors (Lipinski definition) is 6. The van der Waals surface area contributed by atoms with Crippen LogP contribution in [0.2, 0.25) is 5.02 Å². The van der Waals surface area contributed by atoms with Gasteiger partial charge in [0.2, 0.25) is 5.91 Å². The molecule has 4 aromatic rings. The van der Waals surface area contributed by atoms with Crippen LogP contribution in [0.1, 0.15) is 15.9 Å². The SMILES string of the molecule is NC(=O)c1ccc(CSc2nc(-c3ccccc3)cc(N3CCN(c4ccccc4Cl)CC3)n2)cc1. The average molecular weight is 516 g/mol. The van der Waals surface area contributed by atoms with Crippen molar-refractivity contribution >= 4 is 40.8 Å². The summed E-state index contributed by atoms with van der Waals surface area (Å²) in [5.74, 6) is 1.19. The molecule has 182 valence electrons. The maximum Gasteiger partial charge on any atom is 0.248 e. The molecule has 0 saturated carbocycles. The highest BCUT2D eigenvalue weighted by atomic mass is 35.5. The Morgan fingerprint density at radius 2 is 1.53 bits per heavy atom. The summed E-state index contributed by atoms with van der Waals surface area (Å²) < 4.78 is 0. The van der Waals surface area contributed by atoms with Crippen LogP contribution in [0.15, 0.2) is 90.1 Å². The fourth-order valence-electron chi connectivity index (χ4n) is 4.19. The fraction of sp³-hybridized carbons (Fsp3) is 0.179. The Hall–Kier alpha value is -3.55. The molecule has 6 nitrogen and oxygen atoms in total. The van der Waals surface area contributed by atoms with E-state index in [9.17, 15) is 4.79 Å². The average Bonchev–Trinajstić information content (AvgIpc) is 2.93. The molecule has 5 rings (SSSR count). The van der Waals surface area contributed by atoms with E-state index in [1.54, 1.807) is 23.9 Å². The number of nitrogens with zero attached hydrogens (tertiary/aromatic N) is 4. The number of aromatic nitrogens is 2. The maximum atomic E-state index is 11.4. The lowest BCUT2D eigenvalue weighted by Gasteiger charge is -2.37. The molecule has 1 aliphatic rings. The molecule has 36 heavy (non-hydrogen) atoms. The molecule has 3 aromatic carbocycles. The Morgan fingerprint density at radius 3 is 2.22 bits per heavy atom. The molecular formula is C28H26ClN5OS. The largest absolute Gasteiger partial charge is 0.367 e. The Balaban J connectivity index is 1.36. The number of hydrogen-bond donors (Lipinski definition) is 1. The summed E-state index contributed by atoms with van der Waals surface area (Å²) in [7, 11) is 0. The summed E-state index contributed by atoms with van der Waals surface area (Å²) in [6.45, 7) is 3.41. The lowest BCUT2D eigenvalue weighted by atomic mass is 10.1. The van der Waals surface area contributed by atoms with E-state index in [0.717, 1.165) is 64.7 Å². The summed E-state index contributed by atoms with van der Waals surface area (Å²) in [5.41, 5.74) is 9.98. The molecule has 0 bridgehead atoms. The van der Waals surface area contributed by atoms with Crippen molar-refractivity contribution in [2.45, 2.75) is 10.9 Å². The molecule has 0 unspecified atom stereocenters. The van der Waals surface area contributed by atoms with Crippen molar-refractivity contribution in [1.82, 2.24) is 9.97 Å². The molecule has 0 spiro atoms. The van der Waals surface area contributed by atoms with Gasteiger partial charge >= 0.3 is 0 Å². The summed E-state index contributed by atoms with van der Waals surface area (Å²) >= 11 is 8.01. The summed E-state index contributed by atoms with van der Waals surface area (Å²) in [6, 6.07) is 27.6. The van der Waals surface area contributed by atoms with E-state index >= 15 is 0 Å². The number of amides is 1.